The van der Waals surface area contributed by atoms with Gasteiger partial charge in [-0.1, -0.05) is 6.08 Å². The number of hydrogen-bond donors (Lipinski definition) is 2. The van der Waals surface area contributed by atoms with Crippen molar-refractivity contribution in [2.24, 2.45) is 0 Å². The van der Waals surface area contributed by atoms with Gasteiger partial charge < -0.3 is 5.32 Å². The summed E-state index contributed by atoms with van der Waals surface area (Å²) in [6.45, 7) is 0.181. The zero-order valence-electron chi connectivity index (χ0n) is 7.26. The third kappa shape index (κ3) is 1.93. The number of hydrogen-bond acceptors (Lipinski definition) is 2. The summed E-state index contributed by atoms with van der Waals surface area (Å²) >= 11 is 0. The Morgan fingerprint density at radius 1 is 1.43 bits per heavy atom. The fraction of sp³-hybridized carbons (Fsp3) is 0.375. The average Bonchev–Trinajstić information content (AvgIpc) is 2.55. The minimum absolute atomic E-state index is 0. The summed E-state index contributed by atoms with van der Waals surface area (Å²) in [7, 11) is 0. The van der Waals surface area contributed by atoms with Crippen LogP contribution in [-0.4, -0.2) is 29.2 Å². The fourth-order valence-corrected chi connectivity index (χ4v) is 1.38. The number of aromatic nitrogens is 2. The third-order valence-corrected chi connectivity index (χ3v) is 2.00. The second-order valence-corrected chi connectivity index (χ2v) is 2.94. The van der Waals surface area contributed by atoms with Gasteiger partial charge in [0, 0.05) is 23.9 Å². The van der Waals surface area contributed by atoms with Gasteiger partial charge in [-0.25, -0.2) is 0 Å². The maximum Gasteiger partial charge on any atom is 0.285 e. The highest BCUT2D eigenvalue weighted by molar-refractivity contribution is 5.85. The summed E-state index contributed by atoms with van der Waals surface area (Å²) in [4.78, 5) is 0. The van der Waals surface area contributed by atoms with Crippen molar-refractivity contribution < 1.29 is 8.78 Å². The lowest BCUT2D eigenvalue weighted by Crippen LogP contribution is -2.38. The van der Waals surface area contributed by atoms with Gasteiger partial charge in [0.1, 0.15) is 0 Å². The number of alkyl halides is 2. The van der Waals surface area contributed by atoms with E-state index in [1.165, 1.54) is 18.5 Å². The molecule has 0 aliphatic carbocycles. The minimum Gasteiger partial charge on any atom is -0.307 e. The van der Waals surface area contributed by atoms with Gasteiger partial charge in [-0.15, -0.1) is 12.4 Å². The molecule has 1 aliphatic heterocycles. The first-order valence-electron chi connectivity index (χ1n) is 3.98. The first-order chi connectivity index (χ1) is 6.20. The predicted molar refractivity (Wildman–Crippen MR) is 51.6 cm³/mol. The van der Waals surface area contributed by atoms with Crippen molar-refractivity contribution in [3.05, 3.63) is 24.0 Å². The van der Waals surface area contributed by atoms with Crippen molar-refractivity contribution in [1.82, 2.24) is 15.5 Å². The molecule has 0 saturated carbocycles. The second kappa shape index (κ2) is 4.06. The quantitative estimate of drug-likeness (QED) is 0.754. The Kier molecular flexibility index (Phi) is 3.23. The van der Waals surface area contributed by atoms with Gasteiger partial charge in [0.15, 0.2) is 0 Å². The van der Waals surface area contributed by atoms with Gasteiger partial charge in [-0.05, 0) is 0 Å². The van der Waals surface area contributed by atoms with E-state index < -0.39 is 5.92 Å². The summed E-state index contributed by atoms with van der Waals surface area (Å²) < 4.78 is 26.5. The van der Waals surface area contributed by atoms with Crippen molar-refractivity contribution >= 4 is 18.0 Å². The standard InChI is InChI=1S/C8H9F2N3.ClH/c9-8(10)5-11-2-1-7(8)6-3-12-13-4-6;/h1,3-4,11H,2,5H2,(H,12,13);1H. The van der Waals surface area contributed by atoms with Gasteiger partial charge in [-0.3, -0.25) is 5.10 Å². The van der Waals surface area contributed by atoms with E-state index in [9.17, 15) is 8.78 Å². The highest BCUT2D eigenvalue weighted by atomic mass is 35.5. The molecule has 0 bridgehead atoms. The van der Waals surface area contributed by atoms with Crippen LogP contribution in [0, 0.1) is 0 Å². The van der Waals surface area contributed by atoms with Crippen LogP contribution in [0.3, 0.4) is 0 Å². The maximum atomic E-state index is 13.3. The van der Waals surface area contributed by atoms with E-state index in [1.54, 1.807) is 0 Å². The lowest BCUT2D eigenvalue weighted by Gasteiger charge is -2.23. The molecule has 0 radical (unpaired) electrons. The fourth-order valence-electron chi connectivity index (χ4n) is 1.38. The topological polar surface area (TPSA) is 40.7 Å². The molecule has 0 atom stereocenters. The Bertz CT molecular complexity index is 321. The molecular weight excluding hydrogens is 212 g/mol. The van der Waals surface area contributed by atoms with Crippen LogP contribution < -0.4 is 5.32 Å². The maximum absolute atomic E-state index is 13.3. The van der Waals surface area contributed by atoms with Gasteiger partial charge >= 0.3 is 0 Å². The van der Waals surface area contributed by atoms with Crippen LogP contribution in [0.4, 0.5) is 8.78 Å². The number of rotatable bonds is 1. The van der Waals surface area contributed by atoms with Gasteiger partial charge in [0.25, 0.3) is 5.92 Å². The molecule has 0 saturated heterocycles. The van der Waals surface area contributed by atoms with E-state index in [2.05, 4.69) is 15.5 Å². The molecule has 0 unspecified atom stereocenters. The molecule has 78 valence electrons. The molecule has 1 aromatic rings. The lowest BCUT2D eigenvalue weighted by molar-refractivity contribution is 0.0636. The molecule has 0 fully saturated rings. The number of H-pyrrole nitrogens is 1. The summed E-state index contributed by atoms with van der Waals surface area (Å²) in [6.07, 6.45) is 4.38. The van der Waals surface area contributed by atoms with Crippen LogP contribution in [0.5, 0.6) is 0 Å². The molecule has 0 amide bonds. The van der Waals surface area contributed by atoms with Crippen LogP contribution in [-0.2, 0) is 0 Å². The monoisotopic (exact) mass is 221 g/mol. The molecule has 2 N–H and O–H groups in total. The van der Waals surface area contributed by atoms with Crippen LogP contribution in [0.1, 0.15) is 5.56 Å². The summed E-state index contributed by atoms with van der Waals surface area (Å²) in [5.41, 5.74) is 0.520. The van der Waals surface area contributed by atoms with Crippen molar-refractivity contribution in [3.63, 3.8) is 0 Å². The molecule has 6 heteroatoms. The highest BCUT2D eigenvalue weighted by Crippen LogP contribution is 2.32. The van der Waals surface area contributed by atoms with Crippen molar-refractivity contribution in [2.45, 2.75) is 5.92 Å². The Labute approximate surface area is 86.0 Å². The lowest BCUT2D eigenvalue weighted by atomic mass is 10.00. The van der Waals surface area contributed by atoms with Gasteiger partial charge in [0.2, 0.25) is 0 Å². The van der Waals surface area contributed by atoms with Crippen LogP contribution in [0.15, 0.2) is 18.5 Å². The second-order valence-electron chi connectivity index (χ2n) is 2.94. The third-order valence-electron chi connectivity index (χ3n) is 2.00. The number of nitrogens with zero attached hydrogens (tertiary/aromatic N) is 1. The molecule has 0 spiro atoms. The molecule has 3 nitrogen and oxygen atoms in total. The molecule has 0 aromatic carbocycles. The SMILES string of the molecule is Cl.FC1(F)CNCC=C1c1cn[nH]c1. The Hall–Kier alpha value is -0.940. The van der Waals surface area contributed by atoms with Gasteiger partial charge in [0.05, 0.1) is 12.7 Å². The van der Waals surface area contributed by atoms with Crippen molar-refractivity contribution in [2.75, 3.05) is 13.1 Å². The molecule has 2 heterocycles. The number of nitrogens with one attached hydrogen (secondary N) is 2. The zero-order valence-corrected chi connectivity index (χ0v) is 8.07. The summed E-state index contributed by atoms with van der Waals surface area (Å²) in [5, 5.41) is 8.77. The number of halogens is 3. The van der Waals surface area contributed by atoms with E-state index in [4.69, 9.17) is 0 Å². The molecule has 2 rings (SSSR count). The van der Waals surface area contributed by atoms with E-state index in [0.717, 1.165) is 0 Å². The Morgan fingerprint density at radius 2 is 2.21 bits per heavy atom. The molecule has 1 aliphatic rings. The zero-order chi connectivity index (χ0) is 9.31. The normalized spacial score (nSPS) is 19.7. The van der Waals surface area contributed by atoms with Crippen molar-refractivity contribution in [3.8, 4) is 0 Å². The van der Waals surface area contributed by atoms with E-state index >= 15 is 0 Å². The first kappa shape index (κ1) is 11.1. The van der Waals surface area contributed by atoms with Gasteiger partial charge in [-0.2, -0.15) is 13.9 Å². The van der Waals surface area contributed by atoms with Crippen LogP contribution in [0.2, 0.25) is 0 Å². The van der Waals surface area contributed by atoms with Crippen LogP contribution in [0.25, 0.3) is 5.57 Å². The molecule has 14 heavy (non-hydrogen) atoms. The molecule has 1 aromatic heterocycles. The van der Waals surface area contributed by atoms with Crippen LogP contribution >= 0.6 is 12.4 Å². The van der Waals surface area contributed by atoms with E-state index in [0.29, 0.717) is 12.1 Å². The minimum atomic E-state index is -2.79. The van der Waals surface area contributed by atoms with E-state index in [1.807, 2.05) is 0 Å². The van der Waals surface area contributed by atoms with E-state index in [-0.39, 0.29) is 24.5 Å². The molecular formula is C8H10ClF2N3. The average molecular weight is 222 g/mol. The van der Waals surface area contributed by atoms with Crippen molar-refractivity contribution in [1.29, 1.82) is 0 Å². The predicted octanol–water partition coefficient (Wildman–Crippen LogP) is 1.45. The summed E-state index contributed by atoms with van der Waals surface area (Å²) in [6, 6.07) is 0. The number of aromatic amines is 1. The highest BCUT2D eigenvalue weighted by Gasteiger charge is 2.36. The Balaban J connectivity index is 0.000000980. The smallest absolute Gasteiger partial charge is 0.285 e. The summed E-state index contributed by atoms with van der Waals surface area (Å²) in [5.74, 6) is -2.79. The Morgan fingerprint density at radius 3 is 2.79 bits per heavy atom. The first-order valence-corrected chi connectivity index (χ1v) is 3.98. The largest absolute Gasteiger partial charge is 0.307 e.